The number of para-hydroxylation sites is 1. The predicted octanol–water partition coefficient (Wildman–Crippen LogP) is 7.69. The van der Waals surface area contributed by atoms with Crippen LogP contribution < -0.4 is 5.32 Å². The van der Waals surface area contributed by atoms with Gasteiger partial charge in [-0.25, -0.2) is 4.39 Å². The molecule has 1 amide bonds. The number of carbonyl (C=O) groups is 2. The van der Waals surface area contributed by atoms with Gasteiger partial charge in [0.2, 0.25) is 0 Å². The molecule has 2 heterocycles. The number of ether oxygens (including phenoxy) is 1. The van der Waals surface area contributed by atoms with Crippen molar-refractivity contribution in [2.75, 3.05) is 5.32 Å². The molecule has 9 nitrogen and oxygen atoms in total. The lowest BCUT2D eigenvalue weighted by atomic mass is 9.94. The highest BCUT2D eigenvalue weighted by Gasteiger charge is 2.31. The number of anilines is 1. The number of esters is 1. The number of rotatable bonds is 14. The third kappa shape index (κ3) is 9.14. The molecule has 0 aliphatic carbocycles. The van der Waals surface area contributed by atoms with Crippen molar-refractivity contribution in [3.63, 3.8) is 0 Å². The van der Waals surface area contributed by atoms with Crippen LogP contribution in [0.5, 0.6) is 0 Å². The average molecular weight is 693 g/mol. The zero-order valence-electron chi connectivity index (χ0n) is 29.7. The Kier molecular flexibility index (Phi) is 12.1. The van der Waals surface area contributed by atoms with E-state index in [0.29, 0.717) is 39.5 Å². The van der Waals surface area contributed by atoms with E-state index < -0.39 is 18.2 Å². The van der Waals surface area contributed by atoms with E-state index >= 15 is 0 Å². The molecule has 51 heavy (non-hydrogen) atoms. The predicted molar refractivity (Wildman–Crippen MR) is 196 cm³/mol. The van der Waals surface area contributed by atoms with Crippen molar-refractivity contribution in [2.24, 2.45) is 0 Å². The maximum atomic E-state index is 14.2. The van der Waals surface area contributed by atoms with Gasteiger partial charge in [-0.15, -0.1) is 0 Å². The van der Waals surface area contributed by atoms with Gasteiger partial charge < -0.3 is 24.8 Å². The third-order valence-corrected chi connectivity index (χ3v) is 8.87. The number of nitrogens with one attached hydrogen (secondary N) is 1. The molecule has 0 unspecified atom stereocenters. The average Bonchev–Trinajstić information content (AvgIpc) is 3.45. The molecule has 0 aliphatic heterocycles. The molecule has 3 N–H and O–H groups in total. The van der Waals surface area contributed by atoms with E-state index in [0.717, 1.165) is 22.6 Å². The van der Waals surface area contributed by atoms with Crippen molar-refractivity contribution in [2.45, 2.75) is 85.2 Å². The standard InChI is InChI=1S/C41H45FN4O5/c1-25(2)39-38(41(50)45-32-14-10-7-11-15-32)37(29-12-8-6-9-13-29)40(30-16-18-31(42)19-17-30)46(39)21-20-33(47)22-34(48)23-36(49)51-24-35-28(5)43-26(3)27(4)44-35/h6-19,25,33-34,47-48H,20-24H2,1-5H3,(H,45,50)/t33-,34-/m1/s1. The van der Waals surface area contributed by atoms with E-state index in [1.807, 2.05) is 92.9 Å². The van der Waals surface area contributed by atoms with E-state index in [9.17, 15) is 24.2 Å². The van der Waals surface area contributed by atoms with E-state index in [1.165, 1.54) is 12.1 Å². The molecule has 5 rings (SSSR count). The summed E-state index contributed by atoms with van der Waals surface area (Å²) in [6.07, 6.45) is -2.27. The van der Waals surface area contributed by atoms with Gasteiger partial charge in [0.1, 0.15) is 12.4 Å². The van der Waals surface area contributed by atoms with E-state index in [2.05, 4.69) is 15.3 Å². The Bertz CT molecular complexity index is 1960. The van der Waals surface area contributed by atoms with Gasteiger partial charge in [-0.1, -0.05) is 62.4 Å². The Morgan fingerprint density at radius 1 is 0.824 bits per heavy atom. The van der Waals surface area contributed by atoms with Crippen LogP contribution in [0.2, 0.25) is 0 Å². The van der Waals surface area contributed by atoms with Gasteiger partial charge in [0.05, 0.1) is 52.7 Å². The highest BCUT2D eigenvalue weighted by atomic mass is 19.1. The molecule has 0 bridgehead atoms. The number of hydrogen-bond acceptors (Lipinski definition) is 7. The maximum absolute atomic E-state index is 14.2. The second kappa shape index (κ2) is 16.7. The summed E-state index contributed by atoms with van der Waals surface area (Å²) in [7, 11) is 0. The quantitative estimate of drug-likeness (QED) is 0.102. The van der Waals surface area contributed by atoms with Gasteiger partial charge in [-0.3, -0.25) is 19.6 Å². The summed E-state index contributed by atoms with van der Waals surface area (Å²) in [4.78, 5) is 35.7. The van der Waals surface area contributed by atoms with Gasteiger partial charge in [0, 0.05) is 23.5 Å². The summed E-state index contributed by atoms with van der Waals surface area (Å²) in [6.45, 7) is 9.72. The number of carbonyl (C=O) groups excluding carboxylic acids is 2. The Hall–Kier alpha value is -5.19. The largest absolute Gasteiger partial charge is 0.459 e. The summed E-state index contributed by atoms with van der Waals surface area (Å²) in [6, 6.07) is 25.0. The number of aryl methyl sites for hydroxylation is 3. The van der Waals surface area contributed by atoms with E-state index in [4.69, 9.17) is 4.74 Å². The van der Waals surface area contributed by atoms with Crippen LogP contribution in [-0.2, 0) is 22.7 Å². The van der Waals surface area contributed by atoms with Crippen molar-refractivity contribution in [1.82, 2.24) is 14.5 Å². The molecule has 0 saturated heterocycles. The SMILES string of the molecule is Cc1nc(C)c(COC(=O)C[C@H](O)C[C@H](O)CCn2c(-c3ccc(F)cc3)c(-c3ccccc3)c(C(=O)Nc3ccccc3)c2C(C)C)nc1C. The molecule has 0 radical (unpaired) electrons. The van der Waals surface area contributed by atoms with Crippen LogP contribution in [0.15, 0.2) is 84.9 Å². The van der Waals surface area contributed by atoms with Gasteiger partial charge >= 0.3 is 5.97 Å². The van der Waals surface area contributed by atoms with Crippen LogP contribution in [0.3, 0.4) is 0 Å². The number of nitrogens with zero attached hydrogens (tertiary/aromatic N) is 3. The Morgan fingerprint density at radius 2 is 1.45 bits per heavy atom. The summed E-state index contributed by atoms with van der Waals surface area (Å²) in [5, 5.41) is 25.0. The number of benzene rings is 3. The lowest BCUT2D eigenvalue weighted by molar-refractivity contribution is -0.147. The number of halogens is 1. The highest BCUT2D eigenvalue weighted by Crippen LogP contribution is 2.42. The Morgan fingerprint density at radius 3 is 2.10 bits per heavy atom. The zero-order valence-corrected chi connectivity index (χ0v) is 29.7. The number of aliphatic hydroxyl groups excluding tert-OH is 2. The van der Waals surface area contributed by atoms with Crippen molar-refractivity contribution in [1.29, 1.82) is 0 Å². The molecule has 0 spiro atoms. The molecule has 2 atom stereocenters. The number of amides is 1. The molecule has 10 heteroatoms. The minimum Gasteiger partial charge on any atom is -0.459 e. The summed E-state index contributed by atoms with van der Waals surface area (Å²) < 4.78 is 21.6. The fraction of sp³-hybridized carbons (Fsp3) is 0.317. The third-order valence-electron chi connectivity index (χ3n) is 8.87. The summed E-state index contributed by atoms with van der Waals surface area (Å²) in [5.74, 6) is -1.41. The molecular weight excluding hydrogens is 647 g/mol. The first kappa shape index (κ1) is 37.1. The van der Waals surface area contributed by atoms with Gasteiger partial charge in [-0.05, 0) is 87.1 Å². The first-order valence-electron chi connectivity index (χ1n) is 17.2. The minimum absolute atomic E-state index is 0.0598. The first-order valence-corrected chi connectivity index (χ1v) is 17.2. The maximum Gasteiger partial charge on any atom is 0.308 e. The van der Waals surface area contributed by atoms with Gasteiger partial charge in [0.25, 0.3) is 5.91 Å². The fourth-order valence-corrected chi connectivity index (χ4v) is 6.30. The lowest BCUT2D eigenvalue weighted by Gasteiger charge is -2.20. The van der Waals surface area contributed by atoms with Crippen LogP contribution in [0.1, 0.15) is 77.9 Å². The summed E-state index contributed by atoms with van der Waals surface area (Å²) in [5.41, 5.74) is 7.59. The number of aliphatic hydroxyl groups is 2. The molecule has 0 fully saturated rings. The lowest BCUT2D eigenvalue weighted by Crippen LogP contribution is -2.23. The van der Waals surface area contributed by atoms with Crippen LogP contribution >= 0.6 is 0 Å². The van der Waals surface area contributed by atoms with Crippen molar-refractivity contribution in [3.8, 4) is 22.4 Å². The molecule has 0 aliphatic rings. The van der Waals surface area contributed by atoms with Crippen molar-refractivity contribution in [3.05, 3.63) is 125 Å². The number of aromatic nitrogens is 3. The fourth-order valence-electron chi connectivity index (χ4n) is 6.30. The van der Waals surface area contributed by atoms with Crippen LogP contribution in [0, 0.1) is 26.6 Å². The van der Waals surface area contributed by atoms with E-state index in [-0.39, 0.29) is 50.1 Å². The van der Waals surface area contributed by atoms with Gasteiger partial charge in [0.15, 0.2) is 0 Å². The monoisotopic (exact) mass is 692 g/mol. The van der Waals surface area contributed by atoms with Crippen LogP contribution in [0.25, 0.3) is 22.4 Å². The molecular formula is C41H45FN4O5. The normalized spacial score (nSPS) is 12.5. The van der Waals surface area contributed by atoms with E-state index in [1.54, 1.807) is 19.1 Å². The molecule has 0 saturated carbocycles. The molecule has 266 valence electrons. The second-order valence-corrected chi connectivity index (χ2v) is 13.1. The Labute approximate surface area is 298 Å². The first-order chi connectivity index (χ1) is 24.4. The van der Waals surface area contributed by atoms with Crippen LogP contribution in [-0.4, -0.2) is 48.8 Å². The topological polar surface area (TPSA) is 127 Å². The highest BCUT2D eigenvalue weighted by molar-refractivity contribution is 6.12. The van der Waals surface area contributed by atoms with Crippen LogP contribution in [0.4, 0.5) is 10.1 Å². The minimum atomic E-state index is -1.14. The second-order valence-electron chi connectivity index (χ2n) is 13.1. The number of hydrogen-bond donors (Lipinski definition) is 3. The zero-order chi connectivity index (χ0) is 36.7. The smallest absolute Gasteiger partial charge is 0.308 e. The molecule has 2 aromatic heterocycles. The van der Waals surface area contributed by atoms with Crippen molar-refractivity contribution < 1.29 is 28.9 Å². The molecule has 3 aromatic carbocycles. The Balaban J connectivity index is 1.42. The van der Waals surface area contributed by atoms with Crippen molar-refractivity contribution >= 4 is 17.6 Å². The van der Waals surface area contributed by atoms with Gasteiger partial charge in [-0.2, -0.15) is 0 Å². The summed E-state index contributed by atoms with van der Waals surface area (Å²) >= 11 is 0. The molecule has 5 aromatic rings.